The highest BCUT2D eigenvalue weighted by Crippen LogP contribution is 2.33. The Balaban J connectivity index is 2.31. The number of nitrogens with zero attached hydrogens (tertiary/aromatic N) is 1. The van der Waals surface area contributed by atoms with Crippen molar-refractivity contribution in [2.24, 2.45) is 5.14 Å². The highest BCUT2D eigenvalue weighted by atomic mass is 32.2. The van der Waals surface area contributed by atoms with Gasteiger partial charge >= 0.3 is 0 Å². The maximum absolute atomic E-state index is 5.65. The van der Waals surface area contributed by atoms with E-state index in [-0.39, 0.29) is 0 Å². The van der Waals surface area contributed by atoms with Crippen LogP contribution in [0.2, 0.25) is 5.11 Å². The molecule has 0 aliphatic rings. The van der Waals surface area contributed by atoms with Crippen molar-refractivity contribution in [3.8, 4) is 5.75 Å². The molecule has 10 radical (unpaired) electrons. The number of rotatable bonds is 4. The van der Waals surface area contributed by atoms with Crippen LogP contribution in [0.5, 0.6) is 5.75 Å². The first-order chi connectivity index (χ1) is 8.73. The molecule has 10 heteroatoms. The van der Waals surface area contributed by atoms with Crippen molar-refractivity contribution in [1.29, 1.82) is 0 Å². The molecular formula is C9H5B5N2OS2. The van der Waals surface area contributed by atoms with Gasteiger partial charge in [-0.25, -0.2) is 4.98 Å². The molecule has 0 amide bonds. The first kappa shape index (κ1) is 14.9. The lowest BCUT2D eigenvalue weighted by atomic mass is 9.28. The molecule has 0 saturated heterocycles. The molecule has 2 aromatic rings. The normalized spacial score (nSPS) is 12.7. The molecule has 0 spiro atoms. The Morgan fingerprint density at radius 3 is 2.47 bits per heavy atom. The third-order valence-electron chi connectivity index (χ3n) is 2.40. The molecule has 0 unspecified atom stereocenters. The zero-order chi connectivity index (χ0) is 14.3. The Morgan fingerprint density at radius 1 is 1.21 bits per heavy atom. The van der Waals surface area contributed by atoms with E-state index in [4.69, 9.17) is 49.1 Å². The Morgan fingerprint density at radius 2 is 1.89 bits per heavy atom. The van der Waals surface area contributed by atoms with Crippen molar-refractivity contribution >= 4 is 72.7 Å². The molecule has 0 bridgehead atoms. The fourth-order valence-corrected chi connectivity index (χ4v) is 2.62. The van der Waals surface area contributed by atoms with E-state index < -0.39 is 10.5 Å². The van der Waals surface area contributed by atoms with Gasteiger partial charge in [0.15, 0.2) is 4.34 Å². The number of benzene rings is 1. The minimum absolute atomic E-state index is 0.389. The molecule has 2 rings (SSSR count). The fourth-order valence-electron chi connectivity index (χ4n) is 1.28. The average Bonchev–Trinajstić information content (AvgIpc) is 2.69. The summed E-state index contributed by atoms with van der Waals surface area (Å²) in [6.07, 6.45) is 0. The summed E-state index contributed by atoms with van der Waals surface area (Å²) in [5.41, 5.74) is 0.796. The van der Waals surface area contributed by atoms with Gasteiger partial charge in [0, 0.05) is 5.40 Å². The summed E-state index contributed by atoms with van der Waals surface area (Å²) in [7, 11) is 27.6. The lowest BCUT2D eigenvalue weighted by Gasteiger charge is -2.42. The largest absolute Gasteiger partial charge is 0.508 e. The number of thiazole rings is 1. The number of fused-ring (bicyclic) bond motifs is 1. The lowest BCUT2D eigenvalue weighted by Crippen LogP contribution is -2.50. The molecule has 0 fully saturated rings. The van der Waals surface area contributed by atoms with Gasteiger partial charge in [0.25, 0.3) is 0 Å². The minimum atomic E-state index is -1.91. The Hall–Kier alpha value is -0.455. The molecule has 19 heavy (non-hydrogen) atoms. The second-order valence-corrected chi connectivity index (χ2v) is 5.97. The summed E-state index contributed by atoms with van der Waals surface area (Å²) in [5, 5.41) is 1.67. The smallest absolute Gasteiger partial charge is 0.165 e. The standard InChI is InChI=1S/C9H5B5N2OS2/c10-8(11,12)9(13,14)17-4-1-2-5-6(3-4)18-7(16-5)19-15/h1-3H,15H2. The van der Waals surface area contributed by atoms with Gasteiger partial charge in [-0.3, -0.25) is 5.14 Å². The van der Waals surface area contributed by atoms with Gasteiger partial charge in [-0.05, 0) is 30.1 Å². The van der Waals surface area contributed by atoms with Crippen LogP contribution < -0.4 is 9.88 Å². The topological polar surface area (TPSA) is 48.1 Å². The molecule has 0 aliphatic carbocycles. The Kier molecular flexibility index (Phi) is 4.05. The summed E-state index contributed by atoms with van der Waals surface area (Å²) in [4.78, 5) is 4.28. The van der Waals surface area contributed by atoms with Crippen molar-refractivity contribution in [1.82, 2.24) is 4.98 Å². The number of hydrogen-bond acceptors (Lipinski definition) is 5. The van der Waals surface area contributed by atoms with Crippen molar-refractivity contribution in [2.75, 3.05) is 0 Å². The molecule has 0 atom stereocenters. The molecule has 3 nitrogen and oxygen atoms in total. The highest BCUT2D eigenvalue weighted by molar-refractivity contribution is 7.99. The summed E-state index contributed by atoms with van der Waals surface area (Å²) in [6.45, 7) is 0. The monoisotopic (exact) mass is 276 g/mol. The van der Waals surface area contributed by atoms with Crippen LogP contribution in [0, 0.1) is 0 Å². The zero-order valence-corrected chi connectivity index (χ0v) is 11.5. The van der Waals surface area contributed by atoms with Crippen LogP contribution in [0.4, 0.5) is 0 Å². The Bertz CT molecular complexity index is 598. The first-order valence-electron chi connectivity index (χ1n) is 5.13. The van der Waals surface area contributed by atoms with E-state index >= 15 is 0 Å². The molecule has 1 aromatic carbocycles. The SMILES string of the molecule is [B]C([B])([B])C([B])([B])Oc1ccc2nc(SN)sc2c1. The molecule has 1 aromatic heterocycles. The van der Waals surface area contributed by atoms with Crippen molar-refractivity contribution in [3.05, 3.63) is 18.2 Å². The maximum Gasteiger partial charge on any atom is 0.165 e. The number of hydrogen-bond donors (Lipinski definition) is 1. The van der Waals surface area contributed by atoms with Crippen LogP contribution >= 0.6 is 23.3 Å². The summed E-state index contributed by atoms with van der Waals surface area (Å²) in [6, 6.07) is 5.11. The second kappa shape index (κ2) is 5.15. The van der Waals surface area contributed by atoms with E-state index in [1.54, 1.807) is 18.2 Å². The summed E-state index contributed by atoms with van der Waals surface area (Å²) >= 11 is 2.49. The van der Waals surface area contributed by atoms with Gasteiger partial charge in [-0.15, -0.1) is 16.4 Å². The van der Waals surface area contributed by atoms with Crippen LogP contribution in [-0.2, 0) is 0 Å². The van der Waals surface area contributed by atoms with E-state index in [1.807, 2.05) is 0 Å². The van der Waals surface area contributed by atoms with Crippen LogP contribution in [0.15, 0.2) is 22.5 Å². The molecule has 0 aliphatic heterocycles. The maximum atomic E-state index is 5.65. The van der Waals surface area contributed by atoms with Crippen LogP contribution in [0.3, 0.4) is 0 Å². The third-order valence-corrected chi connectivity index (χ3v) is 4.05. The van der Waals surface area contributed by atoms with Crippen LogP contribution in [-0.4, -0.2) is 49.6 Å². The van der Waals surface area contributed by atoms with E-state index in [0.717, 1.165) is 26.5 Å². The van der Waals surface area contributed by atoms with Crippen molar-refractivity contribution in [3.63, 3.8) is 0 Å². The van der Waals surface area contributed by atoms with E-state index in [2.05, 4.69) is 4.98 Å². The quantitative estimate of drug-likeness (QED) is 0.640. The van der Waals surface area contributed by atoms with Gasteiger partial charge in [0.1, 0.15) is 21.4 Å². The van der Waals surface area contributed by atoms with E-state index in [9.17, 15) is 0 Å². The Labute approximate surface area is 126 Å². The number of ether oxygens (including phenoxy) is 1. The average molecular weight is 275 g/mol. The second-order valence-electron chi connectivity index (χ2n) is 4.06. The number of aromatic nitrogens is 1. The molecular weight excluding hydrogens is 270 g/mol. The minimum Gasteiger partial charge on any atom is -0.508 e. The number of nitrogens with two attached hydrogens (primary N) is 1. The summed E-state index contributed by atoms with van der Waals surface area (Å²) in [5.74, 6) is 0.389. The zero-order valence-electron chi connectivity index (χ0n) is 9.87. The van der Waals surface area contributed by atoms with Gasteiger partial charge in [0.05, 0.1) is 33.8 Å². The molecule has 1 heterocycles. The van der Waals surface area contributed by atoms with Crippen molar-refractivity contribution in [2.45, 2.75) is 14.9 Å². The van der Waals surface area contributed by atoms with Gasteiger partial charge in [0.2, 0.25) is 0 Å². The van der Waals surface area contributed by atoms with Gasteiger partial charge < -0.3 is 4.74 Å². The molecule has 84 valence electrons. The van der Waals surface area contributed by atoms with Crippen LogP contribution in [0.1, 0.15) is 0 Å². The first-order valence-corrected chi connectivity index (χ1v) is 6.83. The lowest BCUT2D eigenvalue weighted by molar-refractivity contribution is 0.242. The van der Waals surface area contributed by atoms with E-state index in [0.29, 0.717) is 5.75 Å². The predicted molar refractivity (Wildman–Crippen MR) is 84.5 cm³/mol. The van der Waals surface area contributed by atoms with Crippen LogP contribution in [0.25, 0.3) is 10.2 Å². The molecule has 0 saturated carbocycles. The fraction of sp³-hybridized carbons (Fsp3) is 0.222. The predicted octanol–water partition coefficient (Wildman–Crippen LogP) is 0.211. The highest BCUT2D eigenvalue weighted by Gasteiger charge is 2.32. The summed E-state index contributed by atoms with van der Waals surface area (Å²) < 4.78 is 6.95. The third kappa shape index (κ3) is 3.17. The van der Waals surface area contributed by atoms with Crippen molar-refractivity contribution < 1.29 is 4.74 Å². The van der Waals surface area contributed by atoms with E-state index in [1.165, 1.54) is 11.3 Å². The van der Waals surface area contributed by atoms with Gasteiger partial charge in [-0.1, -0.05) is 0 Å². The molecule has 2 N–H and O–H groups in total. The van der Waals surface area contributed by atoms with Gasteiger partial charge in [-0.2, -0.15) is 0 Å².